The van der Waals surface area contributed by atoms with E-state index in [0.29, 0.717) is 36.0 Å². The van der Waals surface area contributed by atoms with Crippen LogP contribution in [0.15, 0.2) is 47.3 Å². The maximum absolute atomic E-state index is 12.1. The van der Waals surface area contributed by atoms with Crippen LogP contribution in [0.1, 0.15) is 29.8 Å². The van der Waals surface area contributed by atoms with Crippen molar-refractivity contribution in [3.8, 4) is 0 Å². The Morgan fingerprint density at radius 2 is 1.84 bits per heavy atom. The van der Waals surface area contributed by atoms with Gasteiger partial charge in [-0.05, 0) is 55.7 Å². The number of carbonyl (C=O) groups is 1. The van der Waals surface area contributed by atoms with Crippen molar-refractivity contribution in [1.29, 1.82) is 0 Å². The largest absolute Gasteiger partial charge is 0.326 e. The van der Waals surface area contributed by atoms with Gasteiger partial charge in [0, 0.05) is 18.5 Å². The van der Waals surface area contributed by atoms with E-state index in [0.717, 1.165) is 16.8 Å². The van der Waals surface area contributed by atoms with Gasteiger partial charge in [0.05, 0.1) is 10.9 Å². The molecule has 0 radical (unpaired) electrons. The molecule has 0 spiro atoms. The maximum atomic E-state index is 12.1. The first kappa shape index (κ1) is 16.9. The third-order valence-electron chi connectivity index (χ3n) is 3.98. The summed E-state index contributed by atoms with van der Waals surface area (Å²) >= 11 is 0. The molecule has 1 aromatic heterocycles. The fourth-order valence-electron chi connectivity index (χ4n) is 2.94. The number of carbonyl (C=O) groups excluding carboxylic acids is 1. The number of para-hydroxylation sites is 1. The third-order valence-corrected chi connectivity index (χ3v) is 3.98. The van der Waals surface area contributed by atoms with Gasteiger partial charge in [0.1, 0.15) is 5.82 Å². The molecular formula is C20H21N3O2. The van der Waals surface area contributed by atoms with Crippen molar-refractivity contribution in [2.24, 2.45) is 0 Å². The van der Waals surface area contributed by atoms with E-state index in [4.69, 9.17) is 0 Å². The molecule has 0 aliphatic rings. The predicted molar refractivity (Wildman–Crippen MR) is 99.8 cm³/mol. The molecule has 0 saturated heterocycles. The molecule has 3 aromatic rings. The van der Waals surface area contributed by atoms with Crippen molar-refractivity contribution in [3.05, 3.63) is 69.8 Å². The first-order valence-electron chi connectivity index (χ1n) is 8.37. The fourth-order valence-corrected chi connectivity index (χ4v) is 2.94. The van der Waals surface area contributed by atoms with Gasteiger partial charge in [-0.2, -0.15) is 0 Å². The van der Waals surface area contributed by atoms with Gasteiger partial charge in [-0.3, -0.25) is 9.59 Å². The lowest BCUT2D eigenvalue weighted by Gasteiger charge is -2.07. The van der Waals surface area contributed by atoms with E-state index in [1.54, 1.807) is 6.07 Å². The molecule has 0 fully saturated rings. The number of fused-ring (bicyclic) bond motifs is 1. The first-order chi connectivity index (χ1) is 12.0. The minimum absolute atomic E-state index is 0.0341. The van der Waals surface area contributed by atoms with Gasteiger partial charge in [0.15, 0.2) is 0 Å². The number of amides is 1. The Labute approximate surface area is 146 Å². The molecule has 0 atom stereocenters. The summed E-state index contributed by atoms with van der Waals surface area (Å²) in [5.74, 6) is 0.580. The zero-order valence-electron chi connectivity index (χ0n) is 14.4. The van der Waals surface area contributed by atoms with E-state index >= 15 is 0 Å². The van der Waals surface area contributed by atoms with E-state index in [2.05, 4.69) is 21.4 Å². The Morgan fingerprint density at radius 3 is 2.60 bits per heavy atom. The minimum Gasteiger partial charge on any atom is -0.326 e. The highest BCUT2D eigenvalue weighted by Gasteiger charge is 2.06. The van der Waals surface area contributed by atoms with Crippen molar-refractivity contribution in [2.75, 3.05) is 5.32 Å². The van der Waals surface area contributed by atoms with E-state index in [1.165, 1.54) is 0 Å². The molecule has 3 rings (SSSR count). The number of rotatable bonds is 5. The molecule has 128 valence electrons. The summed E-state index contributed by atoms with van der Waals surface area (Å²) in [4.78, 5) is 31.4. The number of nitrogens with one attached hydrogen (secondary N) is 2. The van der Waals surface area contributed by atoms with Crippen molar-refractivity contribution in [2.45, 2.75) is 33.1 Å². The molecule has 0 unspecified atom stereocenters. The number of H-pyrrole nitrogens is 1. The van der Waals surface area contributed by atoms with Gasteiger partial charge < -0.3 is 10.3 Å². The summed E-state index contributed by atoms with van der Waals surface area (Å²) in [5.41, 5.74) is 3.60. The Balaban J connectivity index is 1.59. The third kappa shape index (κ3) is 4.32. The highest BCUT2D eigenvalue weighted by atomic mass is 16.1. The number of benzene rings is 2. The minimum atomic E-state index is -0.139. The van der Waals surface area contributed by atoms with E-state index in [9.17, 15) is 9.59 Å². The van der Waals surface area contributed by atoms with Gasteiger partial charge in [-0.1, -0.05) is 18.2 Å². The Hall–Kier alpha value is -2.95. The Morgan fingerprint density at radius 1 is 1.12 bits per heavy atom. The number of aryl methyl sites for hydroxylation is 3. The molecule has 1 amide bonds. The van der Waals surface area contributed by atoms with Crippen LogP contribution in [-0.2, 0) is 11.2 Å². The summed E-state index contributed by atoms with van der Waals surface area (Å²) < 4.78 is 0. The molecule has 25 heavy (non-hydrogen) atoms. The fraction of sp³-hybridized carbons (Fsp3) is 0.250. The van der Waals surface area contributed by atoms with Crippen LogP contribution >= 0.6 is 0 Å². The highest BCUT2D eigenvalue weighted by Crippen LogP contribution is 2.14. The summed E-state index contributed by atoms with van der Waals surface area (Å²) in [5, 5.41) is 3.50. The predicted octanol–water partition coefficient (Wildman–Crippen LogP) is 3.50. The Kier molecular flexibility index (Phi) is 4.93. The molecule has 5 nitrogen and oxygen atoms in total. The molecule has 0 aliphatic heterocycles. The second kappa shape index (κ2) is 7.30. The van der Waals surface area contributed by atoms with E-state index in [-0.39, 0.29) is 11.5 Å². The van der Waals surface area contributed by atoms with Crippen LogP contribution in [0.3, 0.4) is 0 Å². The van der Waals surface area contributed by atoms with Crippen molar-refractivity contribution < 1.29 is 4.79 Å². The number of nitrogens with zero attached hydrogens (tertiary/aromatic N) is 1. The Bertz CT molecular complexity index is 956. The number of aromatic nitrogens is 2. The topological polar surface area (TPSA) is 74.8 Å². The van der Waals surface area contributed by atoms with Crippen molar-refractivity contribution in [3.63, 3.8) is 0 Å². The average molecular weight is 335 g/mol. The van der Waals surface area contributed by atoms with Crippen LogP contribution in [0, 0.1) is 13.8 Å². The number of hydrogen-bond donors (Lipinski definition) is 2. The van der Waals surface area contributed by atoms with Crippen LogP contribution in [0.25, 0.3) is 10.9 Å². The second-order valence-electron chi connectivity index (χ2n) is 6.31. The van der Waals surface area contributed by atoms with E-state index in [1.807, 2.05) is 44.2 Å². The van der Waals surface area contributed by atoms with Gasteiger partial charge in [0.2, 0.25) is 5.91 Å². The van der Waals surface area contributed by atoms with Crippen LogP contribution < -0.4 is 10.9 Å². The molecule has 2 aromatic carbocycles. The monoisotopic (exact) mass is 335 g/mol. The molecule has 0 saturated carbocycles. The molecule has 1 heterocycles. The second-order valence-corrected chi connectivity index (χ2v) is 6.31. The maximum Gasteiger partial charge on any atom is 0.258 e. The molecule has 0 aliphatic carbocycles. The normalized spacial score (nSPS) is 10.8. The van der Waals surface area contributed by atoms with Crippen molar-refractivity contribution in [1.82, 2.24) is 9.97 Å². The van der Waals surface area contributed by atoms with Gasteiger partial charge in [0.25, 0.3) is 5.56 Å². The smallest absolute Gasteiger partial charge is 0.258 e. The summed E-state index contributed by atoms with van der Waals surface area (Å²) in [6.07, 6.45) is 1.56. The molecular weight excluding hydrogens is 314 g/mol. The van der Waals surface area contributed by atoms with Gasteiger partial charge in [-0.25, -0.2) is 4.98 Å². The average Bonchev–Trinajstić information content (AvgIpc) is 2.54. The lowest BCUT2D eigenvalue weighted by Crippen LogP contribution is -2.14. The molecule has 5 heteroatoms. The standard InChI is InChI=1S/C20H21N3O2/c1-13-10-14(2)12-15(11-13)21-19(24)9-5-8-18-22-17-7-4-3-6-16(17)20(25)23-18/h3-4,6-7,10-12H,5,8-9H2,1-2H3,(H,21,24)(H,22,23,25). The first-order valence-corrected chi connectivity index (χ1v) is 8.37. The van der Waals surface area contributed by atoms with Crippen LogP contribution in [-0.4, -0.2) is 15.9 Å². The SMILES string of the molecule is Cc1cc(C)cc(NC(=O)CCCc2nc3ccccc3c(=O)[nH]2)c1. The lowest BCUT2D eigenvalue weighted by molar-refractivity contribution is -0.116. The van der Waals surface area contributed by atoms with E-state index < -0.39 is 0 Å². The lowest BCUT2D eigenvalue weighted by atomic mass is 10.1. The quantitative estimate of drug-likeness (QED) is 0.749. The zero-order valence-corrected chi connectivity index (χ0v) is 14.4. The van der Waals surface area contributed by atoms with Crippen molar-refractivity contribution >= 4 is 22.5 Å². The van der Waals surface area contributed by atoms with Gasteiger partial charge >= 0.3 is 0 Å². The van der Waals surface area contributed by atoms with Gasteiger partial charge in [-0.15, -0.1) is 0 Å². The number of aromatic amines is 1. The van der Waals surface area contributed by atoms with Crippen LogP contribution in [0.2, 0.25) is 0 Å². The number of anilines is 1. The van der Waals surface area contributed by atoms with Crippen LogP contribution in [0.4, 0.5) is 5.69 Å². The molecule has 2 N–H and O–H groups in total. The molecule has 0 bridgehead atoms. The summed E-state index contributed by atoms with van der Waals surface area (Å²) in [6.45, 7) is 4.01. The summed E-state index contributed by atoms with van der Waals surface area (Å²) in [6, 6.07) is 13.2. The van der Waals surface area contributed by atoms with Crippen LogP contribution in [0.5, 0.6) is 0 Å². The number of hydrogen-bond acceptors (Lipinski definition) is 3. The summed E-state index contributed by atoms with van der Waals surface area (Å²) in [7, 11) is 0. The zero-order chi connectivity index (χ0) is 17.8. The highest BCUT2D eigenvalue weighted by molar-refractivity contribution is 5.90.